The maximum Gasteiger partial charge on any atom is 0.0630 e. The summed E-state index contributed by atoms with van der Waals surface area (Å²) in [6.45, 7) is 0. The van der Waals surface area contributed by atoms with Crippen LogP contribution in [0.15, 0.2) is 33.8 Å². The largest absolute Gasteiger partial charge is 0.402 e. The number of hydrogen-bond acceptors (Lipinski definition) is 3. The molecule has 0 bridgehead atoms. The summed E-state index contributed by atoms with van der Waals surface area (Å²) >= 11 is 0. The van der Waals surface area contributed by atoms with E-state index in [1.165, 1.54) is 0 Å². The van der Waals surface area contributed by atoms with Gasteiger partial charge in [-0.05, 0) is 25.0 Å². The molecule has 0 spiro atoms. The van der Waals surface area contributed by atoms with Crippen molar-refractivity contribution in [2.75, 3.05) is 7.05 Å². The molecule has 3 heteroatoms. The van der Waals surface area contributed by atoms with E-state index in [2.05, 4.69) is 10.2 Å². The molecule has 0 unspecified atom stereocenters. The van der Waals surface area contributed by atoms with Gasteiger partial charge in [0, 0.05) is 12.7 Å². The van der Waals surface area contributed by atoms with E-state index in [0.29, 0.717) is 0 Å². The summed E-state index contributed by atoms with van der Waals surface area (Å²) in [4.78, 5) is 0. The zero-order chi connectivity index (χ0) is 7.40. The third kappa shape index (κ3) is 1.69. The molecule has 0 amide bonds. The summed E-state index contributed by atoms with van der Waals surface area (Å²) in [5.74, 6) is 0. The lowest BCUT2D eigenvalue weighted by Crippen LogP contribution is -2.00. The van der Waals surface area contributed by atoms with Crippen molar-refractivity contribution in [1.29, 1.82) is 0 Å². The van der Waals surface area contributed by atoms with Crippen LogP contribution in [0.3, 0.4) is 0 Å². The Morgan fingerprint density at radius 3 is 2.70 bits per heavy atom. The first-order valence-corrected chi connectivity index (χ1v) is 3.28. The Morgan fingerprint density at radius 1 is 1.40 bits per heavy atom. The van der Waals surface area contributed by atoms with Gasteiger partial charge in [-0.2, -0.15) is 10.2 Å². The quantitative estimate of drug-likeness (QED) is 0.548. The highest BCUT2D eigenvalue weighted by Gasteiger charge is 2.00. The van der Waals surface area contributed by atoms with Crippen LogP contribution in [0.5, 0.6) is 0 Å². The van der Waals surface area contributed by atoms with Gasteiger partial charge in [0.2, 0.25) is 0 Å². The highest BCUT2D eigenvalue weighted by Crippen LogP contribution is 2.15. The Hall–Kier alpha value is -1.12. The summed E-state index contributed by atoms with van der Waals surface area (Å²) in [7, 11) is 1.67. The van der Waals surface area contributed by atoms with Crippen molar-refractivity contribution >= 4 is 0 Å². The summed E-state index contributed by atoms with van der Waals surface area (Å²) in [6.07, 6.45) is 5.61. The standard InChI is InChI=1S/C7H11N3/c1-9-10-7-4-2-6(8)3-5-7/h2,4H,3,5,8H2,1H3/b10-9+. The molecular weight excluding hydrogens is 126 g/mol. The van der Waals surface area contributed by atoms with Gasteiger partial charge in [-0.15, -0.1) is 0 Å². The second kappa shape index (κ2) is 3.15. The van der Waals surface area contributed by atoms with Crippen molar-refractivity contribution in [3.63, 3.8) is 0 Å². The summed E-state index contributed by atoms with van der Waals surface area (Å²) in [6, 6.07) is 0. The molecular formula is C7H11N3. The van der Waals surface area contributed by atoms with Crippen LogP contribution in [0.2, 0.25) is 0 Å². The van der Waals surface area contributed by atoms with Crippen molar-refractivity contribution in [3.05, 3.63) is 23.5 Å². The first-order chi connectivity index (χ1) is 4.83. The van der Waals surface area contributed by atoms with E-state index in [9.17, 15) is 0 Å². The van der Waals surface area contributed by atoms with Crippen LogP contribution in [0, 0.1) is 0 Å². The second-order valence-electron chi connectivity index (χ2n) is 2.20. The molecule has 0 saturated carbocycles. The average Bonchev–Trinajstić information content (AvgIpc) is 1.95. The van der Waals surface area contributed by atoms with Crippen molar-refractivity contribution in [3.8, 4) is 0 Å². The fraction of sp³-hybridized carbons (Fsp3) is 0.429. The van der Waals surface area contributed by atoms with Crippen molar-refractivity contribution < 1.29 is 0 Å². The van der Waals surface area contributed by atoms with Crippen LogP contribution in [-0.2, 0) is 0 Å². The zero-order valence-electron chi connectivity index (χ0n) is 6.04. The highest BCUT2D eigenvalue weighted by atomic mass is 15.1. The van der Waals surface area contributed by atoms with Crippen LogP contribution >= 0.6 is 0 Å². The molecule has 0 aromatic carbocycles. The van der Waals surface area contributed by atoms with E-state index in [-0.39, 0.29) is 0 Å². The highest BCUT2D eigenvalue weighted by molar-refractivity contribution is 5.20. The van der Waals surface area contributed by atoms with Crippen LogP contribution in [0.4, 0.5) is 0 Å². The third-order valence-electron chi connectivity index (χ3n) is 1.39. The summed E-state index contributed by atoms with van der Waals surface area (Å²) in [5.41, 5.74) is 7.47. The lowest BCUT2D eigenvalue weighted by Gasteiger charge is -2.05. The van der Waals surface area contributed by atoms with Gasteiger partial charge in [-0.1, -0.05) is 0 Å². The smallest absolute Gasteiger partial charge is 0.0630 e. The Balaban J connectivity index is 2.64. The average molecular weight is 137 g/mol. The Labute approximate surface area is 60.3 Å². The molecule has 0 fully saturated rings. The molecule has 2 N–H and O–H groups in total. The molecule has 10 heavy (non-hydrogen) atoms. The molecule has 1 aliphatic rings. The van der Waals surface area contributed by atoms with E-state index in [0.717, 1.165) is 24.2 Å². The number of azo groups is 1. The van der Waals surface area contributed by atoms with E-state index in [4.69, 9.17) is 5.73 Å². The first kappa shape index (κ1) is 6.99. The Morgan fingerprint density at radius 2 is 2.20 bits per heavy atom. The summed E-state index contributed by atoms with van der Waals surface area (Å²) < 4.78 is 0. The Kier molecular flexibility index (Phi) is 2.20. The number of nitrogens with two attached hydrogens (primary N) is 1. The molecule has 0 radical (unpaired) electrons. The van der Waals surface area contributed by atoms with Gasteiger partial charge >= 0.3 is 0 Å². The third-order valence-corrected chi connectivity index (χ3v) is 1.39. The molecule has 0 aliphatic heterocycles. The molecule has 3 nitrogen and oxygen atoms in total. The fourth-order valence-electron chi connectivity index (χ4n) is 0.854. The van der Waals surface area contributed by atoms with E-state index in [1.54, 1.807) is 7.05 Å². The number of rotatable bonds is 1. The minimum absolute atomic E-state index is 0.908. The minimum atomic E-state index is 0.908. The molecule has 1 aliphatic carbocycles. The number of nitrogens with zero attached hydrogens (tertiary/aromatic N) is 2. The predicted molar refractivity (Wildman–Crippen MR) is 40.4 cm³/mol. The van der Waals surface area contributed by atoms with Crippen molar-refractivity contribution in [2.45, 2.75) is 12.8 Å². The van der Waals surface area contributed by atoms with E-state index >= 15 is 0 Å². The SMILES string of the molecule is C/N=N/C1=CC=C(N)CC1. The normalized spacial score (nSPS) is 18.9. The molecule has 0 saturated heterocycles. The van der Waals surface area contributed by atoms with Crippen LogP contribution in [0.1, 0.15) is 12.8 Å². The molecule has 1 rings (SSSR count). The molecule has 54 valence electrons. The van der Waals surface area contributed by atoms with Crippen LogP contribution < -0.4 is 5.73 Å². The zero-order valence-corrected chi connectivity index (χ0v) is 6.04. The molecule has 0 heterocycles. The molecule has 0 aromatic heterocycles. The maximum atomic E-state index is 5.54. The summed E-state index contributed by atoms with van der Waals surface area (Å²) in [5, 5.41) is 7.58. The minimum Gasteiger partial charge on any atom is -0.402 e. The number of allylic oxidation sites excluding steroid dienone is 4. The van der Waals surface area contributed by atoms with Crippen molar-refractivity contribution in [2.24, 2.45) is 16.0 Å². The predicted octanol–water partition coefficient (Wildman–Crippen LogP) is 1.59. The van der Waals surface area contributed by atoms with E-state index < -0.39 is 0 Å². The van der Waals surface area contributed by atoms with Gasteiger partial charge in [-0.25, -0.2) is 0 Å². The van der Waals surface area contributed by atoms with Crippen LogP contribution in [0.25, 0.3) is 0 Å². The molecule has 0 atom stereocenters. The van der Waals surface area contributed by atoms with Gasteiger partial charge in [-0.3, -0.25) is 0 Å². The van der Waals surface area contributed by atoms with Crippen LogP contribution in [-0.4, -0.2) is 7.05 Å². The number of hydrogen-bond donors (Lipinski definition) is 1. The second-order valence-corrected chi connectivity index (χ2v) is 2.20. The van der Waals surface area contributed by atoms with Gasteiger partial charge in [0.1, 0.15) is 0 Å². The monoisotopic (exact) mass is 137 g/mol. The van der Waals surface area contributed by atoms with Gasteiger partial charge in [0.15, 0.2) is 0 Å². The maximum absolute atomic E-state index is 5.54. The lowest BCUT2D eigenvalue weighted by molar-refractivity contribution is 0.855. The van der Waals surface area contributed by atoms with Crippen molar-refractivity contribution in [1.82, 2.24) is 0 Å². The van der Waals surface area contributed by atoms with E-state index in [1.807, 2.05) is 12.2 Å². The fourth-order valence-corrected chi connectivity index (χ4v) is 0.854. The van der Waals surface area contributed by atoms with Gasteiger partial charge in [0.05, 0.1) is 5.70 Å². The van der Waals surface area contributed by atoms with Gasteiger partial charge in [0.25, 0.3) is 0 Å². The van der Waals surface area contributed by atoms with Gasteiger partial charge < -0.3 is 5.73 Å². The Bertz CT molecular complexity index is 201. The first-order valence-electron chi connectivity index (χ1n) is 3.28. The lowest BCUT2D eigenvalue weighted by atomic mass is 10.1. The molecule has 0 aromatic rings. The topological polar surface area (TPSA) is 50.7 Å².